The molecule has 0 saturated heterocycles. The lowest BCUT2D eigenvalue weighted by molar-refractivity contribution is -0.118. The molecule has 2 nitrogen and oxygen atoms in total. The summed E-state index contributed by atoms with van der Waals surface area (Å²) >= 11 is 12.7. The van der Waals surface area contributed by atoms with Crippen molar-refractivity contribution in [3.63, 3.8) is 0 Å². The van der Waals surface area contributed by atoms with E-state index >= 15 is 0 Å². The molecular formula is C29H34Cl2N2. The molecule has 7 rings (SSSR count). The van der Waals surface area contributed by atoms with E-state index in [1.807, 2.05) is 18.2 Å². The maximum Gasteiger partial charge on any atom is 0.0493 e. The van der Waals surface area contributed by atoms with Gasteiger partial charge in [0.15, 0.2) is 0 Å². The van der Waals surface area contributed by atoms with E-state index in [9.17, 15) is 0 Å². The van der Waals surface area contributed by atoms with E-state index in [2.05, 4.69) is 54.9 Å². The van der Waals surface area contributed by atoms with E-state index in [4.69, 9.17) is 23.2 Å². The standard InChI is InChI=1S/C29H34Cl2N2/c1-19-24(14-32-29-13-20-11-27(2,17-29)16-28(3,12-20)18-29)23-6-4-5-7-26(23)33(19)15-21-8-9-22(30)10-25(21)31/h4-10,20,32H,11-18H2,1-3H3. The van der Waals surface area contributed by atoms with E-state index in [1.165, 1.54) is 60.7 Å². The summed E-state index contributed by atoms with van der Waals surface area (Å²) in [5, 5.41) is 6.93. The smallest absolute Gasteiger partial charge is 0.0493 e. The molecule has 4 aliphatic carbocycles. The van der Waals surface area contributed by atoms with Crippen molar-refractivity contribution in [3.05, 3.63) is 69.3 Å². The number of fused-ring (bicyclic) bond motifs is 1. The Labute approximate surface area is 207 Å². The summed E-state index contributed by atoms with van der Waals surface area (Å²) in [5.74, 6) is 0.901. The van der Waals surface area contributed by atoms with Crippen LogP contribution in [0.5, 0.6) is 0 Å². The van der Waals surface area contributed by atoms with E-state index in [-0.39, 0.29) is 0 Å². The Balaban J connectivity index is 1.33. The monoisotopic (exact) mass is 480 g/mol. The quantitative estimate of drug-likeness (QED) is 0.389. The van der Waals surface area contributed by atoms with Crippen LogP contribution in [-0.4, -0.2) is 10.1 Å². The van der Waals surface area contributed by atoms with Crippen molar-refractivity contribution in [2.75, 3.05) is 0 Å². The highest BCUT2D eigenvalue weighted by atomic mass is 35.5. The van der Waals surface area contributed by atoms with Gasteiger partial charge in [-0.05, 0) is 91.5 Å². The Hall–Kier alpha value is -1.48. The van der Waals surface area contributed by atoms with Crippen LogP contribution in [0.4, 0.5) is 0 Å². The molecule has 1 heterocycles. The number of aromatic nitrogens is 1. The third-order valence-electron chi connectivity index (χ3n) is 8.97. The second-order valence-electron chi connectivity index (χ2n) is 12.2. The Morgan fingerprint density at radius 3 is 2.39 bits per heavy atom. The normalized spacial score (nSPS) is 32.7. The van der Waals surface area contributed by atoms with Crippen molar-refractivity contribution >= 4 is 34.1 Å². The van der Waals surface area contributed by atoms with Gasteiger partial charge in [-0.25, -0.2) is 0 Å². The molecule has 4 heteroatoms. The van der Waals surface area contributed by atoms with Crippen molar-refractivity contribution in [2.45, 2.75) is 77.9 Å². The largest absolute Gasteiger partial charge is 0.340 e. The number of benzene rings is 2. The van der Waals surface area contributed by atoms with Crippen molar-refractivity contribution in [1.82, 2.24) is 9.88 Å². The van der Waals surface area contributed by atoms with Crippen LogP contribution in [0.2, 0.25) is 10.0 Å². The van der Waals surface area contributed by atoms with Crippen molar-refractivity contribution < 1.29 is 0 Å². The van der Waals surface area contributed by atoms with Gasteiger partial charge < -0.3 is 9.88 Å². The van der Waals surface area contributed by atoms with Crippen LogP contribution in [-0.2, 0) is 13.1 Å². The summed E-state index contributed by atoms with van der Waals surface area (Å²) in [6.45, 7) is 9.07. The molecule has 1 N–H and O–H groups in total. The zero-order chi connectivity index (χ0) is 23.0. The topological polar surface area (TPSA) is 17.0 Å². The van der Waals surface area contributed by atoms with Crippen LogP contribution in [0, 0.1) is 23.7 Å². The summed E-state index contributed by atoms with van der Waals surface area (Å²) in [7, 11) is 0. The molecule has 1 aromatic heterocycles. The van der Waals surface area contributed by atoms with Crippen LogP contribution in [0.15, 0.2) is 42.5 Å². The molecule has 4 aliphatic rings. The predicted molar refractivity (Wildman–Crippen MR) is 139 cm³/mol. The summed E-state index contributed by atoms with van der Waals surface area (Å²) in [4.78, 5) is 0. The highest BCUT2D eigenvalue weighted by molar-refractivity contribution is 6.35. The van der Waals surface area contributed by atoms with Gasteiger partial charge in [0.1, 0.15) is 0 Å². The maximum absolute atomic E-state index is 6.54. The third kappa shape index (κ3) is 3.74. The first kappa shape index (κ1) is 22.0. The van der Waals surface area contributed by atoms with Gasteiger partial charge in [0.25, 0.3) is 0 Å². The number of nitrogens with zero attached hydrogens (tertiary/aromatic N) is 1. The SMILES string of the molecule is Cc1c(CNC23CC4CC(C)(CC(C)(C4)C2)C3)c2ccccc2n1Cc1ccc(Cl)cc1Cl. The van der Waals surface area contributed by atoms with E-state index in [0.717, 1.165) is 29.6 Å². The first-order valence-electron chi connectivity index (χ1n) is 12.4. The molecule has 33 heavy (non-hydrogen) atoms. The number of nitrogens with one attached hydrogen (secondary N) is 1. The predicted octanol–water partition coefficient (Wildman–Crippen LogP) is 8.14. The molecule has 0 radical (unpaired) electrons. The molecule has 3 aromatic rings. The molecule has 4 saturated carbocycles. The van der Waals surface area contributed by atoms with Gasteiger partial charge in [-0.1, -0.05) is 61.3 Å². The van der Waals surface area contributed by atoms with Gasteiger partial charge in [0.2, 0.25) is 0 Å². The van der Waals surface area contributed by atoms with Crippen LogP contribution < -0.4 is 5.32 Å². The Bertz CT molecular complexity index is 1220. The van der Waals surface area contributed by atoms with Gasteiger partial charge in [0, 0.05) is 45.3 Å². The summed E-state index contributed by atoms with van der Waals surface area (Å²) in [5.41, 5.74) is 6.50. The number of rotatable bonds is 5. The summed E-state index contributed by atoms with van der Waals surface area (Å²) in [6.07, 6.45) is 8.32. The second-order valence-corrected chi connectivity index (χ2v) is 13.0. The minimum atomic E-state index is 0.304. The van der Waals surface area contributed by atoms with Crippen LogP contribution >= 0.6 is 23.2 Å². The third-order valence-corrected chi connectivity index (χ3v) is 9.56. The fourth-order valence-electron chi connectivity index (χ4n) is 8.67. The molecule has 2 atom stereocenters. The molecular weight excluding hydrogens is 447 g/mol. The number of halogens is 2. The van der Waals surface area contributed by atoms with E-state index in [0.29, 0.717) is 21.4 Å². The molecule has 0 spiro atoms. The van der Waals surface area contributed by atoms with Crippen molar-refractivity contribution in [1.29, 1.82) is 0 Å². The number of hydrogen-bond donors (Lipinski definition) is 1. The van der Waals surface area contributed by atoms with E-state index < -0.39 is 0 Å². The second kappa shape index (κ2) is 7.51. The van der Waals surface area contributed by atoms with Gasteiger partial charge in [0.05, 0.1) is 0 Å². The molecule has 0 aliphatic heterocycles. The first-order chi connectivity index (χ1) is 15.7. The highest BCUT2D eigenvalue weighted by Gasteiger charge is 2.59. The van der Waals surface area contributed by atoms with Crippen LogP contribution in [0.25, 0.3) is 10.9 Å². The van der Waals surface area contributed by atoms with Crippen LogP contribution in [0.3, 0.4) is 0 Å². The summed E-state index contributed by atoms with van der Waals surface area (Å²) in [6, 6.07) is 14.6. The van der Waals surface area contributed by atoms with Crippen molar-refractivity contribution in [2.24, 2.45) is 16.7 Å². The summed E-state index contributed by atoms with van der Waals surface area (Å²) < 4.78 is 2.42. The van der Waals surface area contributed by atoms with Gasteiger partial charge >= 0.3 is 0 Å². The zero-order valence-corrected chi connectivity index (χ0v) is 21.5. The highest BCUT2D eigenvalue weighted by Crippen LogP contribution is 2.66. The van der Waals surface area contributed by atoms with E-state index in [1.54, 1.807) is 0 Å². The fraction of sp³-hybridized carbons (Fsp3) is 0.517. The molecule has 174 valence electrons. The number of hydrogen-bond acceptors (Lipinski definition) is 1. The molecule has 2 aromatic carbocycles. The van der Waals surface area contributed by atoms with Gasteiger partial charge in [-0.15, -0.1) is 0 Å². The average Bonchev–Trinajstić information content (AvgIpc) is 2.97. The molecule has 2 unspecified atom stereocenters. The lowest BCUT2D eigenvalue weighted by atomic mass is 9.43. The Morgan fingerprint density at radius 2 is 1.70 bits per heavy atom. The van der Waals surface area contributed by atoms with Crippen molar-refractivity contribution in [3.8, 4) is 0 Å². The molecule has 0 amide bonds. The number of para-hydroxylation sites is 1. The first-order valence-corrected chi connectivity index (χ1v) is 13.2. The van der Waals surface area contributed by atoms with Gasteiger partial charge in [-0.3, -0.25) is 0 Å². The minimum Gasteiger partial charge on any atom is -0.340 e. The molecule has 4 bridgehead atoms. The maximum atomic E-state index is 6.54. The Kier molecular flexibility index (Phi) is 5.01. The average molecular weight is 482 g/mol. The minimum absolute atomic E-state index is 0.304. The fourth-order valence-corrected chi connectivity index (χ4v) is 9.14. The lowest BCUT2D eigenvalue weighted by Gasteiger charge is -2.65. The van der Waals surface area contributed by atoms with Crippen LogP contribution in [0.1, 0.15) is 69.2 Å². The van der Waals surface area contributed by atoms with Gasteiger partial charge in [-0.2, -0.15) is 0 Å². The lowest BCUT2D eigenvalue weighted by Crippen LogP contribution is -2.63. The molecule has 4 fully saturated rings. The zero-order valence-electron chi connectivity index (χ0n) is 20.0. The Morgan fingerprint density at radius 1 is 0.970 bits per heavy atom.